The van der Waals surface area contributed by atoms with Crippen LogP contribution >= 0.6 is 0 Å². The second kappa shape index (κ2) is 15.7. The fourth-order valence-electron chi connectivity index (χ4n) is 4.41. The lowest BCUT2D eigenvalue weighted by atomic mass is 9.94. The topological polar surface area (TPSA) is 133 Å². The predicted molar refractivity (Wildman–Crippen MR) is 147 cm³/mol. The van der Waals surface area contributed by atoms with E-state index in [1.807, 2.05) is 13.8 Å². The lowest BCUT2D eigenvalue weighted by molar-refractivity contribution is -0.00788. The fraction of sp³-hybridized carbons (Fsp3) is 0.433. The van der Waals surface area contributed by atoms with E-state index >= 15 is 0 Å². The Morgan fingerprint density at radius 1 is 0.975 bits per heavy atom. The van der Waals surface area contributed by atoms with Crippen LogP contribution in [0.5, 0.6) is 0 Å². The molecule has 0 aromatic heterocycles. The SMILES string of the molecule is C#CCCCC(O)C(O)C(Cc1cc(F)cc(F)c1)NC(=O)c1cc(C(N)=O)cc(C(=O)N(CCC)CCC)c1. The van der Waals surface area contributed by atoms with Gasteiger partial charge in [-0.3, -0.25) is 14.4 Å². The minimum Gasteiger partial charge on any atom is -0.390 e. The Hall–Kier alpha value is -3.81. The van der Waals surface area contributed by atoms with Crippen molar-refractivity contribution in [2.24, 2.45) is 5.73 Å². The number of terminal acetylenes is 1. The van der Waals surface area contributed by atoms with Crippen LogP contribution in [0.15, 0.2) is 36.4 Å². The summed E-state index contributed by atoms with van der Waals surface area (Å²) in [6.45, 7) is 4.80. The average molecular weight is 558 g/mol. The highest BCUT2D eigenvalue weighted by atomic mass is 19.1. The van der Waals surface area contributed by atoms with Gasteiger partial charge in [0.2, 0.25) is 5.91 Å². The van der Waals surface area contributed by atoms with Crippen molar-refractivity contribution in [3.63, 3.8) is 0 Å². The molecule has 5 N–H and O–H groups in total. The predicted octanol–water partition coefficient (Wildman–Crippen LogP) is 3.19. The summed E-state index contributed by atoms with van der Waals surface area (Å²) in [7, 11) is 0. The molecule has 8 nitrogen and oxygen atoms in total. The maximum atomic E-state index is 13.8. The van der Waals surface area contributed by atoms with Crippen molar-refractivity contribution >= 4 is 17.7 Å². The Labute approximate surface area is 233 Å². The van der Waals surface area contributed by atoms with Crippen molar-refractivity contribution < 1.29 is 33.4 Å². The van der Waals surface area contributed by atoms with Gasteiger partial charge in [-0.25, -0.2) is 8.78 Å². The Morgan fingerprint density at radius 3 is 2.10 bits per heavy atom. The van der Waals surface area contributed by atoms with E-state index in [0.717, 1.165) is 12.1 Å². The van der Waals surface area contributed by atoms with E-state index in [4.69, 9.17) is 12.2 Å². The van der Waals surface area contributed by atoms with Crippen LogP contribution in [0, 0.1) is 24.0 Å². The molecule has 2 aromatic carbocycles. The lowest BCUT2D eigenvalue weighted by Gasteiger charge is -2.28. The highest BCUT2D eigenvalue weighted by molar-refractivity contribution is 6.04. The quantitative estimate of drug-likeness (QED) is 0.197. The second-order valence-electron chi connectivity index (χ2n) is 9.67. The molecule has 2 aromatic rings. The van der Waals surface area contributed by atoms with Crippen molar-refractivity contribution in [1.29, 1.82) is 0 Å². The fourth-order valence-corrected chi connectivity index (χ4v) is 4.41. The summed E-state index contributed by atoms with van der Waals surface area (Å²) < 4.78 is 27.7. The maximum Gasteiger partial charge on any atom is 0.253 e. The molecule has 3 unspecified atom stereocenters. The number of aliphatic hydroxyl groups is 2. The van der Waals surface area contributed by atoms with Crippen LogP contribution in [0.3, 0.4) is 0 Å². The van der Waals surface area contributed by atoms with Crippen molar-refractivity contribution in [3.05, 3.63) is 70.3 Å². The number of nitrogens with zero attached hydrogens (tertiary/aromatic N) is 1. The minimum absolute atomic E-state index is 0.0671. The number of aliphatic hydroxyl groups excluding tert-OH is 2. The molecule has 216 valence electrons. The van der Waals surface area contributed by atoms with Crippen LogP contribution < -0.4 is 11.1 Å². The number of halogens is 2. The summed E-state index contributed by atoms with van der Waals surface area (Å²) in [5, 5.41) is 24.1. The van der Waals surface area contributed by atoms with E-state index < -0.39 is 41.7 Å². The van der Waals surface area contributed by atoms with Crippen LogP contribution in [0.4, 0.5) is 8.78 Å². The van der Waals surface area contributed by atoms with E-state index in [1.165, 1.54) is 18.2 Å². The maximum absolute atomic E-state index is 13.8. The van der Waals surface area contributed by atoms with Gasteiger partial charge in [-0.15, -0.1) is 12.3 Å². The molecule has 0 fully saturated rings. The summed E-state index contributed by atoms with van der Waals surface area (Å²) in [5.74, 6) is -1.26. The second-order valence-corrected chi connectivity index (χ2v) is 9.67. The van der Waals surface area contributed by atoms with E-state index in [0.29, 0.717) is 44.8 Å². The molecule has 0 aliphatic rings. The molecule has 2 rings (SSSR count). The third kappa shape index (κ3) is 9.43. The smallest absolute Gasteiger partial charge is 0.253 e. The van der Waals surface area contributed by atoms with E-state index in [9.17, 15) is 33.4 Å². The van der Waals surface area contributed by atoms with Crippen LogP contribution in [0.1, 0.15) is 82.6 Å². The van der Waals surface area contributed by atoms with Gasteiger partial charge in [-0.2, -0.15) is 0 Å². The van der Waals surface area contributed by atoms with Gasteiger partial charge < -0.3 is 26.2 Å². The van der Waals surface area contributed by atoms with Gasteiger partial charge in [0.1, 0.15) is 17.7 Å². The summed E-state index contributed by atoms with van der Waals surface area (Å²) in [6, 6.07) is 5.46. The Balaban J connectivity index is 2.43. The molecule has 40 heavy (non-hydrogen) atoms. The first-order valence-electron chi connectivity index (χ1n) is 13.3. The van der Waals surface area contributed by atoms with Crippen molar-refractivity contribution in [2.75, 3.05) is 13.1 Å². The van der Waals surface area contributed by atoms with Crippen LogP contribution in [0.25, 0.3) is 0 Å². The lowest BCUT2D eigenvalue weighted by Crippen LogP contribution is -2.50. The molecule has 3 amide bonds. The summed E-state index contributed by atoms with van der Waals surface area (Å²) in [5.41, 5.74) is 5.53. The first-order valence-corrected chi connectivity index (χ1v) is 13.3. The molecule has 10 heteroatoms. The molecule has 3 atom stereocenters. The number of hydrogen-bond acceptors (Lipinski definition) is 5. The minimum atomic E-state index is -1.53. The van der Waals surface area contributed by atoms with Crippen molar-refractivity contribution in [2.45, 2.75) is 70.6 Å². The molecule has 0 aliphatic heterocycles. The normalized spacial score (nSPS) is 13.1. The monoisotopic (exact) mass is 557 g/mol. The van der Waals surface area contributed by atoms with Gasteiger partial charge in [0.15, 0.2) is 0 Å². The van der Waals surface area contributed by atoms with Crippen molar-refractivity contribution in [1.82, 2.24) is 10.2 Å². The van der Waals surface area contributed by atoms with E-state index in [-0.39, 0.29) is 41.0 Å². The van der Waals surface area contributed by atoms with Gasteiger partial charge in [0.05, 0.1) is 12.1 Å². The molecular weight excluding hydrogens is 520 g/mol. The van der Waals surface area contributed by atoms with Crippen molar-refractivity contribution in [3.8, 4) is 12.3 Å². The van der Waals surface area contributed by atoms with Crippen LogP contribution in [0.2, 0.25) is 0 Å². The third-order valence-corrected chi connectivity index (χ3v) is 6.32. The zero-order valence-electron chi connectivity index (χ0n) is 22.8. The van der Waals surface area contributed by atoms with Gasteiger partial charge >= 0.3 is 0 Å². The van der Waals surface area contributed by atoms with Gasteiger partial charge in [0.25, 0.3) is 11.8 Å². The van der Waals surface area contributed by atoms with Crippen LogP contribution in [-0.2, 0) is 6.42 Å². The number of nitrogens with two attached hydrogens (primary N) is 1. The number of rotatable bonds is 15. The number of carbonyl (C=O) groups is 3. The molecule has 0 aliphatic carbocycles. The Bertz CT molecular complexity index is 1200. The molecule has 0 bridgehead atoms. The first kappa shape index (κ1) is 32.4. The number of amides is 3. The summed E-state index contributed by atoms with van der Waals surface area (Å²) in [4.78, 5) is 40.2. The average Bonchev–Trinajstić information content (AvgIpc) is 2.90. The molecule has 0 saturated heterocycles. The Kier molecular flexibility index (Phi) is 12.7. The number of carbonyl (C=O) groups excluding carboxylic acids is 3. The highest BCUT2D eigenvalue weighted by Crippen LogP contribution is 2.18. The molecule has 0 radical (unpaired) electrons. The first-order chi connectivity index (χ1) is 19.0. The molecule has 0 saturated carbocycles. The van der Waals surface area contributed by atoms with Gasteiger partial charge in [-0.1, -0.05) is 13.8 Å². The summed E-state index contributed by atoms with van der Waals surface area (Å²) in [6.07, 6.45) is 4.49. The Morgan fingerprint density at radius 2 is 1.55 bits per heavy atom. The van der Waals surface area contributed by atoms with E-state index in [2.05, 4.69) is 11.2 Å². The molecule has 0 spiro atoms. The number of benzene rings is 2. The number of unbranched alkanes of at least 4 members (excludes halogenated alkanes) is 1. The van der Waals surface area contributed by atoms with E-state index in [1.54, 1.807) is 4.90 Å². The standard InChI is InChI=1S/C30H37F2N3O5/c1-4-7-8-9-26(36)27(37)25(14-19-12-23(31)18-24(32)13-19)34-29(39)21-15-20(28(33)38)16-22(17-21)30(40)35(10-5-2)11-6-3/h1,12-13,15-18,25-27,36-37H,5-11,14H2,2-3H3,(H2,33,38)(H,34,39). The number of nitrogens with one attached hydrogen (secondary N) is 1. The molecular formula is C30H37F2N3O5. The zero-order chi connectivity index (χ0) is 29.8. The van der Waals surface area contributed by atoms with Crippen LogP contribution in [-0.4, -0.2) is 64.2 Å². The largest absolute Gasteiger partial charge is 0.390 e. The summed E-state index contributed by atoms with van der Waals surface area (Å²) >= 11 is 0. The third-order valence-electron chi connectivity index (χ3n) is 6.32. The highest BCUT2D eigenvalue weighted by Gasteiger charge is 2.29. The zero-order valence-corrected chi connectivity index (χ0v) is 22.8. The number of primary amides is 1. The molecule has 0 heterocycles. The van der Waals surface area contributed by atoms with Gasteiger partial charge in [-0.05, 0) is 68.0 Å². The van der Waals surface area contributed by atoms with Gasteiger partial charge in [0, 0.05) is 42.3 Å². The number of hydrogen-bond donors (Lipinski definition) is 4.